The van der Waals surface area contributed by atoms with Crippen molar-refractivity contribution in [3.63, 3.8) is 0 Å². The number of anilines is 2. The molecule has 8 rings (SSSR count). The van der Waals surface area contributed by atoms with Gasteiger partial charge in [0.25, 0.3) is 11.5 Å². The summed E-state index contributed by atoms with van der Waals surface area (Å²) in [5.74, 6) is 0.445. The number of imide groups is 1. The third-order valence-electron chi connectivity index (χ3n) is 12.1. The number of rotatable bonds is 12. The Morgan fingerprint density at radius 1 is 0.900 bits per heavy atom. The van der Waals surface area contributed by atoms with Crippen molar-refractivity contribution in [3.05, 3.63) is 99.5 Å². The van der Waals surface area contributed by atoms with Crippen LogP contribution < -0.4 is 26.0 Å². The van der Waals surface area contributed by atoms with Crippen molar-refractivity contribution in [2.24, 2.45) is 0 Å². The standard InChI is InChI=1S/C45H55N11O4/c1-5-6-31-21-30(4)50-44(59)38(31)26-48-43(58)37-22-33(23-40-39(37)27-49-56(40)29(2)3)32-7-10-41(47-24-32)54-19-17-53(18-20-54)35-11-14-52(15-12-35)28-34-8-9-36(25-46-34)55-16-13-42(57)51-45(55)60/h7-10,21-25,27,29,35H,5-6,11-20,26,28H2,1-4H3,(H,48,58)(H,50,59)(H,51,57,60). The zero-order valence-corrected chi connectivity index (χ0v) is 35.0. The highest BCUT2D eigenvalue weighted by atomic mass is 16.2. The summed E-state index contributed by atoms with van der Waals surface area (Å²) in [4.78, 5) is 71.9. The van der Waals surface area contributed by atoms with E-state index in [0.717, 1.165) is 116 Å². The second-order valence-electron chi connectivity index (χ2n) is 16.6. The Morgan fingerprint density at radius 2 is 1.70 bits per heavy atom. The van der Waals surface area contributed by atoms with Crippen LogP contribution in [0.5, 0.6) is 0 Å². The number of hydrogen-bond donors (Lipinski definition) is 3. The molecule has 3 fully saturated rings. The predicted octanol–water partition coefficient (Wildman–Crippen LogP) is 5.19. The Morgan fingerprint density at radius 3 is 2.38 bits per heavy atom. The van der Waals surface area contributed by atoms with Gasteiger partial charge in [-0.1, -0.05) is 13.3 Å². The maximum absolute atomic E-state index is 13.9. The fourth-order valence-corrected chi connectivity index (χ4v) is 8.86. The van der Waals surface area contributed by atoms with Gasteiger partial charge in [0.1, 0.15) is 5.82 Å². The summed E-state index contributed by atoms with van der Waals surface area (Å²) in [5.41, 5.74) is 7.04. The summed E-state index contributed by atoms with van der Waals surface area (Å²) in [7, 11) is 0. The molecule has 0 bridgehead atoms. The summed E-state index contributed by atoms with van der Waals surface area (Å²) in [5, 5.41) is 10.8. The summed E-state index contributed by atoms with van der Waals surface area (Å²) in [6.45, 7) is 15.2. The van der Waals surface area contributed by atoms with Crippen molar-refractivity contribution >= 4 is 40.3 Å². The molecule has 0 atom stereocenters. The minimum atomic E-state index is -0.395. The number of H-pyrrole nitrogens is 1. The molecule has 15 heteroatoms. The van der Waals surface area contributed by atoms with Crippen molar-refractivity contribution in [1.29, 1.82) is 0 Å². The molecule has 0 saturated carbocycles. The zero-order chi connectivity index (χ0) is 41.9. The van der Waals surface area contributed by atoms with Crippen LogP contribution in [0.15, 0.2) is 65.8 Å². The van der Waals surface area contributed by atoms with Gasteiger partial charge in [-0.3, -0.25) is 44.1 Å². The zero-order valence-electron chi connectivity index (χ0n) is 35.0. The van der Waals surface area contributed by atoms with E-state index >= 15 is 0 Å². The minimum absolute atomic E-state index is 0.0945. The number of nitrogens with zero attached hydrogens (tertiary/aromatic N) is 8. The van der Waals surface area contributed by atoms with Crippen LogP contribution in [0.3, 0.4) is 0 Å². The SMILES string of the molecule is CCCc1cc(C)[nH]c(=O)c1CNC(=O)c1cc(-c2ccc(N3CCN(C4CCN(Cc5ccc(N6CCC(=O)NC6=O)cn5)CC4)CC3)nc2)cc2c1cnn2C(C)C. The first-order valence-corrected chi connectivity index (χ1v) is 21.3. The number of carbonyl (C=O) groups is 3. The monoisotopic (exact) mass is 813 g/mol. The molecule has 3 aliphatic heterocycles. The lowest BCUT2D eigenvalue weighted by Crippen LogP contribution is -2.53. The third-order valence-corrected chi connectivity index (χ3v) is 12.1. The number of benzene rings is 1. The number of piperazine rings is 1. The van der Waals surface area contributed by atoms with Gasteiger partial charge in [-0.15, -0.1) is 0 Å². The Bertz CT molecular complexity index is 2410. The highest BCUT2D eigenvalue weighted by Gasteiger charge is 2.29. The highest BCUT2D eigenvalue weighted by Crippen LogP contribution is 2.31. The van der Waals surface area contributed by atoms with Gasteiger partial charge in [-0.05, 0) is 93.6 Å². The number of aromatic nitrogens is 5. The van der Waals surface area contributed by atoms with Gasteiger partial charge in [0.05, 0.1) is 34.9 Å². The predicted molar refractivity (Wildman–Crippen MR) is 232 cm³/mol. The van der Waals surface area contributed by atoms with E-state index in [9.17, 15) is 19.2 Å². The largest absolute Gasteiger partial charge is 0.354 e. The number of piperidine rings is 1. The van der Waals surface area contributed by atoms with Crippen molar-refractivity contribution in [1.82, 2.24) is 45.2 Å². The van der Waals surface area contributed by atoms with E-state index in [1.54, 1.807) is 17.3 Å². The molecule has 7 heterocycles. The molecule has 5 aromatic rings. The summed E-state index contributed by atoms with van der Waals surface area (Å²) >= 11 is 0. The molecule has 3 N–H and O–H groups in total. The number of hydrogen-bond acceptors (Lipinski definition) is 10. The van der Waals surface area contributed by atoms with Gasteiger partial charge in [-0.25, -0.2) is 9.78 Å². The summed E-state index contributed by atoms with van der Waals surface area (Å²) in [6, 6.07) is 14.3. The number of nitrogens with one attached hydrogen (secondary N) is 3. The van der Waals surface area contributed by atoms with Crippen LogP contribution in [0, 0.1) is 6.92 Å². The summed E-state index contributed by atoms with van der Waals surface area (Å²) < 4.78 is 1.94. The number of amides is 4. The number of urea groups is 1. The lowest BCUT2D eigenvalue weighted by Gasteiger charge is -2.43. The van der Waals surface area contributed by atoms with Gasteiger partial charge in [0.2, 0.25) is 5.91 Å². The summed E-state index contributed by atoms with van der Waals surface area (Å²) in [6.07, 6.45) is 9.55. The number of likely N-dealkylation sites (tertiary alicyclic amines) is 1. The van der Waals surface area contributed by atoms with Gasteiger partial charge in [0.15, 0.2) is 0 Å². The highest BCUT2D eigenvalue weighted by molar-refractivity contribution is 6.08. The fourth-order valence-electron chi connectivity index (χ4n) is 8.86. The topological polar surface area (TPSA) is 165 Å². The number of carbonyl (C=O) groups excluding carboxylic acids is 3. The van der Waals surface area contributed by atoms with Crippen LogP contribution in [0.25, 0.3) is 22.0 Å². The molecule has 4 amide bonds. The molecule has 4 aromatic heterocycles. The lowest BCUT2D eigenvalue weighted by atomic mass is 10.00. The van der Waals surface area contributed by atoms with Crippen LogP contribution in [-0.4, -0.2) is 104 Å². The quantitative estimate of drug-likeness (QED) is 0.153. The molecule has 60 heavy (non-hydrogen) atoms. The van der Waals surface area contributed by atoms with Gasteiger partial charge in [0, 0.05) is 106 Å². The van der Waals surface area contributed by atoms with Gasteiger partial charge >= 0.3 is 6.03 Å². The van der Waals surface area contributed by atoms with Gasteiger partial charge < -0.3 is 15.2 Å². The Hall–Kier alpha value is -5.93. The molecular formula is C45H55N11O4. The molecule has 0 radical (unpaired) electrons. The number of fused-ring (bicyclic) bond motifs is 1. The molecule has 0 unspecified atom stereocenters. The van der Waals surface area contributed by atoms with Crippen molar-refractivity contribution in [2.45, 2.75) is 85.0 Å². The Kier molecular flexibility index (Phi) is 12.1. The van der Waals surface area contributed by atoms with Crippen LogP contribution in [-0.2, 0) is 24.3 Å². The second kappa shape index (κ2) is 17.7. The fraction of sp³-hybridized carbons (Fsp3) is 0.444. The molecule has 3 aliphatic rings. The van der Waals surface area contributed by atoms with Crippen LogP contribution in [0.2, 0.25) is 0 Å². The minimum Gasteiger partial charge on any atom is -0.354 e. The maximum Gasteiger partial charge on any atom is 0.328 e. The van der Waals surface area contributed by atoms with Crippen LogP contribution in [0.1, 0.15) is 85.4 Å². The Labute approximate surface area is 350 Å². The van der Waals surface area contributed by atoms with E-state index < -0.39 is 6.03 Å². The van der Waals surface area contributed by atoms with E-state index in [1.165, 1.54) is 0 Å². The first kappa shape index (κ1) is 40.8. The third kappa shape index (κ3) is 8.82. The maximum atomic E-state index is 13.9. The molecule has 0 aliphatic carbocycles. The van der Waals surface area contributed by atoms with E-state index in [2.05, 4.69) is 79.4 Å². The van der Waals surface area contributed by atoms with Crippen molar-refractivity contribution in [2.75, 3.05) is 55.6 Å². The normalized spacial score (nSPS) is 17.1. The smallest absolute Gasteiger partial charge is 0.328 e. The number of aromatic amines is 1. The van der Waals surface area contributed by atoms with E-state index in [1.807, 2.05) is 42.1 Å². The van der Waals surface area contributed by atoms with Crippen LogP contribution in [0.4, 0.5) is 16.3 Å². The molecule has 1 aromatic carbocycles. The number of aryl methyl sites for hydroxylation is 2. The molecule has 0 spiro atoms. The molecule has 15 nitrogen and oxygen atoms in total. The van der Waals surface area contributed by atoms with Crippen molar-refractivity contribution < 1.29 is 14.4 Å². The second-order valence-corrected chi connectivity index (χ2v) is 16.6. The first-order chi connectivity index (χ1) is 29.0. The number of pyridine rings is 3. The van der Waals surface area contributed by atoms with Gasteiger partial charge in [-0.2, -0.15) is 5.10 Å². The van der Waals surface area contributed by atoms with E-state index in [4.69, 9.17) is 4.98 Å². The molecular weight excluding hydrogens is 759 g/mol. The average Bonchev–Trinajstić information content (AvgIpc) is 3.69. The lowest BCUT2D eigenvalue weighted by molar-refractivity contribution is -0.120. The van der Waals surface area contributed by atoms with E-state index in [0.29, 0.717) is 35.8 Å². The van der Waals surface area contributed by atoms with Crippen LogP contribution >= 0.6 is 0 Å². The van der Waals surface area contributed by atoms with E-state index in [-0.39, 0.29) is 30.0 Å². The molecule has 3 saturated heterocycles. The first-order valence-electron chi connectivity index (χ1n) is 21.3. The van der Waals surface area contributed by atoms with Crippen molar-refractivity contribution in [3.8, 4) is 11.1 Å². The average molecular weight is 814 g/mol. The Balaban J connectivity index is 0.873. The molecule has 314 valence electrons.